The average molecular weight is 473 g/mol. The predicted molar refractivity (Wildman–Crippen MR) is 129 cm³/mol. The number of nitrogens with one attached hydrogen (secondary N) is 1. The highest BCUT2D eigenvalue weighted by atomic mass is 16.6. The molecular formula is C24H32N4O6. The van der Waals surface area contributed by atoms with Crippen LogP contribution in [0.2, 0.25) is 0 Å². The molecule has 2 unspecified atom stereocenters. The Bertz CT molecular complexity index is 1020. The molecule has 184 valence electrons. The Morgan fingerprint density at radius 1 is 1.15 bits per heavy atom. The van der Waals surface area contributed by atoms with Crippen molar-refractivity contribution in [1.82, 2.24) is 4.90 Å². The van der Waals surface area contributed by atoms with Gasteiger partial charge in [-0.3, -0.25) is 15.0 Å². The lowest BCUT2D eigenvalue weighted by molar-refractivity contribution is -0.383. The standard InChI is InChI=1S/C24H32N4O6/c25-18-3-4-21(22(13-18)28(31)32)26-8-5-16-1-2-17(24-23(16)33-11-12-34-24)6-9-27-10-7-20(30)14-19(27)15-29/h1-4,13,19-20,26,29-30H,5-12,14-15,25H2. The van der Waals surface area contributed by atoms with Gasteiger partial charge < -0.3 is 30.7 Å². The van der Waals surface area contributed by atoms with Crippen molar-refractivity contribution >= 4 is 17.1 Å². The number of ether oxygens (including phenoxy) is 2. The SMILES string of the molecule is Nc1ccc(NCCc2ccc(CCN3CCC(O)CC3CO)c3c2OCCO3)c([N+](=O)[O-])c1. The molecule has 0 aromatic heterocycles. The first-order valence-electron chi connectivity index (χ1n) is 11.7. The second-order valence-electron chi connectivity index (χ2n) is 8.75. The zero-order chi connectivity index (χ0) is 24.1. The van der Waals surface area contributed by atoms with Crippen LogP contribution in [0.1, 0.15) is 24.0 Å². The van der Waals surface area contributed by atoms with E-state index in [2.05, 4.69) is 10.2 Å². The Morgan fingerprint density at radius 3 is 2.53 bits per heavy atom. The number of aliphatic hydroxyl groups excluding tert-OH is 2. The fraction of sp³-hybridized carbons (Fsp3) is 0.500. The van der Waals surface area contributed by atoms with E-state index in [4.69, 9.17) is 15.2 Å². The number of nitro benzene ring substituents is 1. The number of benzene rings is 2. The van der Waals surface area contributed by atoms with Crippen LogP contribution in [0, 0.1) is 10.1 Å². The van der Waals surface area contributed by atoms with E-state index < -0.39 is 4.92 Å². The van der Waals surface area contributed by atoms with Crippen molar-refractivity contribution < 1.29 is 24.6 Å². The average Bonchev–Trinajstić information content (AvgIpc) is 2.84. The van der Waals surface area contributed by atoms with E-state index in [0.717, 1.165) is 42.1 Å². The van der Waals surface area contributed by atoms with Crippen LogP contribution in [0.4, 0.5) is 17.1 Å². The topological polar surface area (TPSA) is 143 Å². The first kappa shape index (κ1) is 24.1. The lowest BCUT2D eigenvalue weighted by Crippen LogP contribution is -2.47. The lowest BCUT2D eigenvalue weighted by atomic mass is 9.98. The summed E-state index contributed by atoms with van der Waals surface area (Å²) >= 11 is 0. The van der Waals surface area contributed by atoms with Gasteiger partial charge in [-0.05, 0) is 48.9 Å². The highest BCUT2D eigenvalue weighted by Crippen LogP contribution is 2.38. The summed E-state index contributed by atoms with van der Waals surface area (Å²) in [5.74, 6) is 1.48. The van der Waals surface area contributed by atoms with Gasteiger partial charge in [0.25, 0.3) is 5.69 Å². The number of fused-ring (bicyclic) bond motifs is 1. The molecule has 0 bridgehead atoms. The molecular weight excluding hydrogens is 440 g/mol. The number of hydrogen-bond donors (Lipinski definition) is 4. The maximum absolute atomic E-state index is 11.3. The summed E-state index contributed by atoms with van der Waals surface area (Å²) in [6, 6.07) is 8.63. The second-order valence-corrected chi connectivity index (χ2v) is 8.75. The number of aliphatic hydroxyl groups is 2. The molecule has 5 N–H and O–H groups in total. The summed E-state index contributed by atoms with van der Waals surface area (Å²) in [6.45, 7) is 2.98. The van der Waals surface area contributed by atoms with Gasteiger partial charge in [0.15, 0.2) is 11.5 Å². The van der Waals surface area contributed by atoms with E-state index in [-0.39, 0.29) is 24.4 Å². The molecule has 2 aliphatic heterocycles. The maximum Gasteiger partial charge on any atom is 0.294 e. The van der Waals surface area contributed by atoms with Crippen LogP contribution in [0.15, 0.2) is 30.3 Å². The van der Waals surface area contributed by atoms with Gasteiger partial charge in [0.2, 0.25) is 0 Å². The molecule has 2 aromatic rings. The third-order valence-corrected chi connectivity index (χ3v) is 6.47. The number of likely N-dealkylation sites (tertiary alicyclic amines) is 1. The van der Waals surface area contributed by atoms with Crippen molar-refractivity contribution in [3.05, 3.63) is 51.6 Å². The van der Waals surface area contributed by atoms with Crippen molar-refractivity contribution in [2.24, 2.45) is 0 Å². The largest absolute Gasteiger partial charge is 0.486 e. The number of piperidine rings is 1. The molecule has 2 aromatic carbocycles. The Labute approximate surface area is 198 Å². The quantitative estimate of drug-likeness (QED) is 0.245. The van der Waals surface area contributed by atoms with Gasteiger partial charge in [0.05, 0.1) is 17.6 Å². The number of nitrogens with zero attached hydrogens (tertiary/aromatic N) is 2. The Hall–Kier alpha value is -3.08. The number of nitrogens with two attached hydrogens (primary N) is 1. The monoisotopic (exact) mass is 472 g/mol. The van der Waals surface area contributed by atoms with Crippen molar-refractivity contribution in [3.8, 4) is 11.5 Å². The zero-order valence-corrected chi connectivity index (χ0v) is 19.1. The van der Waals surface area contributed by atoms with Crippen LogP contribution < -0.4 is 20.5 Å². The van der Waals surface area contributed by atoms with Crippen LogP contribution in [-0.2, 0) is 12.8 Å². The van der Waals surface area contributed by atoms with Gasteiger partial charge in [-0.15, -0.1) is 0 Å². The van der Waals surface area contributed by atoms with Crippen molar-refractivity contribution in [3.63, 3.8) is 0 Å². The van der Waals surface area contributed by atoms with E-state index >= 15 is 0 Å². The summed E-state index contributed by atoms with van der Waals surface area (Å²) < 4.78 is 11.9. The molecule has 2 heterocycles. The summed E-state index contributed by atoms with van der Waals surface area (Å²) in [6.07, 6.45) is 2.30. The maximum atomic E-state index is 11.3. The fourth-order valence-electron chi connectivity index (χ4n) is 4.65. The van der Waals surface area contributed by atoms with Gasteiger partial charge in [0, 0.05) is 37.4 Å². The molecule has 1 saturated heterocycles. The van der Waals surface area contributed by atoms with Crippen LogP contribution in [-0.4, -0.2) is 71.6 Å². The molecule has 4 rings (SSSR count). The van der Waals surface area contributed by atoms with E-state index in [1.54, 1.807) is 12.1 Å². The molecule has 10 nitrogen and oxygen atoms in total. The molecule has 0 spiro atoms. The van der Waals surface area contributed by atoms with Gasteiger partial charge >= 0.3 is 0 Å². The van der Waals surface area contributed by atoms with Crippen LogP contribution in [0.25, 0.3) is 0 Å². The van der Waals surface area contributed by atoms with Gasteiger partial charge in [-0.2, -0.15) is 0 Å². The molecule has 0 amide bonds. The number of nitrogen functional groups attached to an aromatic ring is 1. The molecule has 0 aliphatic carbocycles. The minimum atomic E-state index is -0.448. The fourth-order valence-corrected chi connectivity index (χ4v) is 4.65. The van der Waals surface area contributed by atoms with E-state index in [9.17, 15) is 20.3 Å². The summed E-state index contributed by atoms with van der Waals surface area (Å²) in [7, 11) is 0. The van der Waals surface area contributed by atoms with Crippen LogP contribution >= 0.6 is 0 Å². The molecule has 0 radical (unpaired) electrons. The Balaban J connectivity index is 1.42. The smallest absolute Gasteiger partial charge is 0.294 e. The second kappa shape index (κ2) is 10.9. The predicted octanol–water partition coefficient (Wildman–Crippen LogP) is 1.96. The Morgan fingerprint density at radius 2 is 1.85 bits per heavy atom. The zero-order valence-electron chi connectivity index (χ0n) is 19.1. The number of hydrogen-bond acceptors (Lipinski definition) is 9. The first-order chi connectivity index (χ1) is 16.5. The molecule has 1 fully saturated rings. The number of anilines is 2. The minimum Gasteiger partial charge on any atom is -0.486 e. The molecule has 34 heavy (non-hydrogen) atoms. The van der Waals surface area contributed by atoms with Crippen LogP contribution in [0.5, 0.6) is 11.5 Å². The van der Waals surface area contributed by atoms with Crippen molar-refractivity contribution in [2.45, 2.75) is 37.8 Å². The lowest BCUT2D eigenvalue weighted by Gasteiger charge is -2.37. The summed E-state index contributed by atoms with van der Waals surface area (Å²) in [4.78, 5) is 13.1. The highest BCUT2D eigenvalue weighted by molar-refractivity contribution is 5.66. The third-order valence-electron chi connectivity index (χ3n) is 6.47. The summed E-state index contributed by atoms with van der Waals surface area (Å²) in [5, 5.41) is 34.0. The summed E-state index contributed by atoms with van der Waals surface area (Å²) in [5.41, 5.74) is 8.41. The number of rotatable bonds is 9. The van der Waals surface area contributed by atoms with E-state index in [1.807, 2.05) is 12.1 Å². The van der Waals surface area contributed by atoms with E-state index in [1.165, 1.54) is 6.07 Å². The Kier molecular flexibility index (Phi) is 7.71. The minimum absolute atomic E-state index is 0.0283. The van der Waals surface area contributed by atoms with E-state index in [0.29, 0.717) is 50.4 Å². The van der Waals surface area contributed by atoms with Gasteiger partial charge in [-0.25, -0.2) is 0 Å². The van der Waals surface area contributed by atoms with Crippen LogP contribution in [0.3, 0.4) is 0 Å². The number of nitro groups is 1. The van der Waals surface area contributed by atoms with Gasteiger partial charge in [0.1, 0.15) is 18.9 Å². The molecule has 10 heteroatoms. The van der Waals surface area contributed by atoms with Crippen molar-refractivity contribution in [2.75, 3.05) is 50.5 Å². The van der Waals surface area contributed by atoms with Gasteiger partial charge in [-0.1, -0.05) is 12.1 Å². The highest BCUT2D eigenvalue weighted by Gasteiger charge is 2.27. The third kappa shape index (κ3) is 5.52. The molecule has 0 saturated carbocycles. The molecule has 2 atom stereocenters. The molecule has 2 aliphatic rings. The first-order valence-corrected chi connectivity index (χ1v) is 11.7. The normalized spacial score (nSPS) is 20.2. The van der Waals surface area contributed by atoms with Crippen molar-refractivity contribution in [1.29, 1.82) is 0 Å².